The first-order chi connectivity index (χ1) is 8.95. The third-order valence-corrected chi connectivity index (χ3v) is 2.85. The molecule has 0 radical (unpaired) electrons. The quantitative estimate of drug-likeness (QED) is 0.668. The van der Waals surface area contributed by atoms with Crippen LogP contribution in [0.25, 0.3) is 0 Å². The molecule has 1 aromatic carbocycles. The van der Waals surface area contributed by atoms with Gasteiger partial charge in [-0.2, -0.15) is 0 Å². The van der Waals surface area contributed by atoms with Crippen LogP contribution in [0.3, 0.4) is 0 Å². The molecule has 0 saturated heterocycles. The highest BCUT2D eigenvalue weighted by atomic mass is 35.5. The fourth-order valence-corrected chi connectivity index (χ4v) is 1.80. The molecule has 4 N–H and O–H groups in total. The van der Waals surface area contributed by atoms with Crippen molar-refractivity contribution in [2.24, 2.45) is 0 Å². The van der Waals surface area contributed by atoms with Crippen LogP contribution in [0.2, 0.25) is 10.0 Å². The number of hydrogen-bond acceptors (Lipinski definition) is 3. The number of anilines is 1. The van der Waals surface area contributed by atoms with Crippen LogP contribution in [0.1, 0.15) is 6.42 Å². The second-order valence-electron chi connectivity index (χ2n) is 3.60. The highest BCUT2D eigenvalue weighted by molar-refractivity contribution is 6.39. The van der Waals surface area contributed by atoms with E-state index in [2.05, 4.69) is 10.6 Å². The molecule has 0 saturated carbocycles. The average molecular weight is 307 g/mol. The van der Waals surface area contributed by atoms with E-state index in [9.17, 15) is 9.59 Å². The van der Waals surface area contributed by atoms with Gasteiger partial charge in [0.25, 0.3) is 0 Å². The van der Waals surface area contributed by atoms with Crippen LogP contribution in [0.15, 0.2) is 18.2 Å². The summed E-state index contributed by atoms with van der Waals surface area (Å²) in [5.74, 6) is -1.24. The zero-order chi connectivity index (χ0) is 14.4. The lowest BCUT2D eigenvalue weighted by Gasteiger charge is -2.15. The summed E-state index contributed by atoms with van der Waals surface area (Å²) in [6.07, 6.45) is -0.0982. The first-order valence-electron chi connectivity index (χ1n) is 5.31. The molecule has 6 nitrogen and oxygen atoms in total. The van der Waals surface area contributed by atoms with Crippen molar-refractivity contribution < 1.29 is 19.8 Å². The van der Waals surface area contributed by atoms with E-state index in [1.165, 1.54) is 12.1 Å². The van der Waals surface area contributed by atoms with Crippen molar-refractivity contribution in [3.63, 3.8) is 0 Å². The second kappa shape index (κ2) is 7.18. The maximum atomic E-state index is 11.6. The van der Waals surface area contributed by atoms with E-state index in [4.69, 9.17) is 33.4 Å². The number of amides is 2. The van der Waals surface area contributed by atoms with E-state index in [1.807, 2.05) is 0 Å². The van der Waals surface area contributed by atoms with Gasteiger partial charge < -0.3 is 20.8 Å². The molecule has 8 heteroatoms. The van der Waals surface area contributed by atoms with Crippen molar-refractivity contribution in [1.29, 1.82) is 0 Å². The number of carboxylic acids is 1. The summed E-state index contributed by atoms with van der Waals surface area (Å²) in [6.45, 7) is -0.357. The van der Waals surface area contributed by atoms with Gasteiger partial charge in [-0.25, -0.2) is 9.59 Å². The highest BCUT2D eigenvalue weighted by Gasteiger charge is 2.20. The zero-order valence-electron chi connectivity index (χ0n) is 9.69. The van der Waals surface area contributed by atoms with Crippen molar-refractivity contribution in [1.82, 2.24) is 5.32 Å². The van der Waals surface area contributed by atoms with Crippen LogP contribution in [0.4, 0.5) is 10.5 Å². The number of nitrogens with one attached hydrogen (secondary N) is 2. The van der Waals surface area contributed by atoms with Crippen molar-refractivity contribution in [2.75, 3.05) is 11.9 Å². The fourth-order valence-electron chi connectivity index (χ4n) is 1.31. The minimum atomic E-state index is -1.24. The van der Waals surface area contributed by atoms with E-state index in [0.717, 1.165) is 0 Å². The Morgan fingerprint density at radius 3 is 2.32 bits per heavy atom. The molecular formula is C11H12Cl2N2O4. The smallest absolute Gasteiger partial charge is 0.326 e. The first-order valence-corrected chi connectivity index (χ1v) is 6.06. The van der Waals surface area contributed by atoms with Crippen LogP contribution in [0, 0.1) is 0 Å². The van der Waals surface area contributed by atoms with Crippen molar-refractivity contribution in [2.45, 2.75) is 12.5 Å². The minimum absolute atomic E-state index is 0.0982. The highest BCUT2D eigenvalue weighted by Crippen LogP contribution is 2.29. The topological polar surface area (TPSA) is 98.7 Å². The Balaban J connectivity index is 2.72. The molecule has 1 aromatic rings. The molecule has 2 amide bonds. The first kappa shape index (κ1) is 15.6. The Kier molecular flexibility index (Phi) is 5.88. The molecule has 0 aliphatic rings. The largest absolute Gasteiger partial charge is 0.480 e. The van der Waals surface area contributed by atoms with Gasteiger partial charge in [0, 0.05) is 13.0 Å². The molecule has 104 valence electrons. The van der Waals surface area contributed by atoms with E-state index in [0.29, 0.717) is 0 Å². The van der Waals surface area contributed by atoms with Gasteiger partial charge in [0.05, 0.1) is 15.7 Å². The predicted octanol–water partition coefficient (Wildman–Crippen LogP) is 1.95. The van der Waals surface area contributed by atoms with Crippen LogP contribution >= 0.6 is 23.2 Å². The normalized spacial score (nSPS) is 11.7. The molecule has 1 rings (SSSR count). The molecule has 0 aromatic heterocycles. The van der Waals surface area contributed by atoms with Gasteiger partial charge in [0.1, 0.15) is 6.04 Å². The number of carbonyl (C=O) groups excluding carboxylic acids is 1. The zero-order valence-corrected chi connectivity index (χ0v) is 11.2. The standard InChI is InChI=1S/C11H12Cl2N2O4/c12-6-2-1-3-7(13)9(6)15-11(19)14-8(4-5-16)10(17)18/h1-3,8,16H,4-5H2,(H,17,18)(H2,14,15,19)/t8-/m0/s1. The molecule has 0 heterocycles. The average Bonchev–Trinajstić information content (AvgIpc) is 2.33. The van der Waals surface area contributed by atoms with E-state index in [-0.39, 0.29) is 28.8 Å². The predicted molar refractivity (Wildman–Crippen MR) is 71.7 cm³/mol. The minimum Gasteiger partial charge on any atom is -0.480 e. The summed E-state index contributed by atoms with van der Waals surface area (Å²) in [5.41, 5.74) is 0.191. The van der Waals surface area contributed by atoms with Crippen molar-refractivity contribution >= 4 is 40.9 Å². The SMILES string of the molecule is O=C(Nc1c(Cl)cccc1Cl)N[C@@H](CCO)C(=O)O. The molecule has 1 atom stereocenters. The Morgan fingerprint density at radius 1 is 1.26 bits per heavy atom. The maximum absolute atomic E-state index is 11.6. The van der Waals surface area contributed by atoms with Gasteiger partial charge in [-0.3, -0.25) is 0 Å². The molecule has 0 bridgehead atoms. The number of hydrogen-bond donors (Lipinski definition) is 4. The fraction of sp³-hybridized carbons (Fsp3) is 0.273. The maximum Gasteiger partial charge on any atom is 0.326 e. The van der Waals surface area contributed by atoms with Crippen LogP contribution in [0.5, 0.6) is 0 Å². The number of aliphatic hydroxyl groups excluding tert-OH is 1. The van der Waals surface area contributed by atoms with Crippen LogP contribution < -0.4 is 10.6 Å². The second-order valence-corrected chi connectivity index (χ2v) is 4.41. The summed E-state index contributed by atoms with van der Waals surface area (Å²) in [5, 5.41) is 22.5. The van der Waals surface area contributed by atoms with Crippen molar-refractivity contribution in [3.8, 4) is 0 Å². The Bertz CT molecular complexity index is 462. The van der Waals surface area contributed by atoms with Gasteiger partial charge in [-0.1, -0.05) is 29.3 Å². The van der Waals surface area contributed by atoms with Gasteiger partial charge in [0.2, 0.25) is 0 Å². The molecular weight excluding hydrogens is 295 g/mol. The van der Waals surface area contributed by atoms with E-state index >= 15 is 0 Å². The van der Waals surface area contributed by atoms with Crippen molar-refractivity contribution in [3.05, 3.63) is 28.2 Å². The lowest BCUT2D eigenvalue weighted by Crippen LogP contribution is -2.43. The molecule has 0 fully saturated rings. The number of rotatable bonds is 5. The molecule has 0 unspecified atom stereocenters. The van der Waals surface area contributed by atoms with Crippen LogP contribution in [-0.4, -0.2) is 34.9 Å². The summed E-state index contributed by atoms with van der Waals surface area (Å²) < 4.78 is 0. The number of para-hydroxylation sites is 1. The number of carbonyl (C=O) groups is 2. The third-order valence-electron chi connectivity index (χ3n) is 2.22. The Hall–Kier alpha value is -1.50. The lowest BCUT2D eigenvalue weighted by atomic mass is 10.2. The summed E-state index contributed by atoms with van der Waals surface area (Å²) in [4.78, 5) is 22.4. The third kappa shape index (κ3) is 4.59. The van der Waals surface area contributed by atoms with E-state index < -0.39 is 18.0 Å². The molecule has 19 heavy (non-hydrogen) atoms. The monoisotopic (exact) mass is 306 g/mol. The molecule has 0 spiro atoms. The van der Waals surface area contributed by atoms with Gasteiger partial charge in [-0.05, 0) is 12.1 Å². The Labute approximate surface area is 119 Å². The number of halogens is 2. The van der Waals surface area contributed by atoms with Crippen LogP contribution in [-0.2, 0) is 4.79 Å². The molecule has 0 aliphatic heterocycles. The number of aliphatic hydroxyl groups is 1. The lowest BCUT2D eigenvalue weighted by molar-refractivity contribution is -0.139. The molecule has 0 aliphatic carbocycles. The van der Waals surface area contributed by atoms with Gasteiger partial charge >= 0.3 is 12.0 Å². The number of benzene rings is 1. The Morgan fingerprint density at radius 2 is 1.84 bits per heavy atom. The van der Waals surface area contributed by atoms with Gasteiger partial charge in [-0.15, -0.1) is 0 Å². The number of aliphatic carboxylic acids is 1. The summed E-state index contributed by atoms with van der Waals surface area (Å²) in [6, 6.07) is 2.72. The summed E-state index contributed by atoms with van der Waals surface area (Å²) in [7, 11) is 0. The van der Waals surface area contributed by atoms with E-state index in [1.54, 1.807) is 6.07 Å². The number of carboxylic acid groups (broad SMARTS) is 1. The summed E-state index contributed by atoms with van der Waals surface area (Å²) >= 11 is 11.7. The van der Waals surface area contributed by atoms with Gasteiger partial charge in [0.15, 0.2) is 0 Å². The number of urea groups is 1.